The average molecular weight is 589 g/mol. The monoisotopic (exact) mass is 588 g/mol. The molecule has 0 spiro atoms. The Labute approximate surface area is 241 Å². The van der Waals surface area contributed by atoms with E-state index in [0.717, 1.165) is 17.8 Å². The molecule has 9 nitrogen and oxygen atoms in total. The van der Waals surface area contributed by atoms with Crippen LogP contribution in [0.3, 0.4) is 0 Å². The number of rotatable bonds is 5. The highest BCUT2D eigenvalue weighted by Gasteiger charge is 2.31. The van der Waals surface area contributed by atoms with E-state index in [1.165, 1.54) is 12.1 Å². The molecule has 0 saturated carbocycles. The number of nitrogens with zero attached hydrogens (tertiary/aromatic N) is 3. The van der Waals surface area contributed by atoms with E-state index in [4.69, 9.17) is 13.9 Å². The van der Waals surface area contributed by atoms with Gasteiger partial charge in [-0.1, -0.05) is 0 Å². The van der Waals surface area contributed by atoms with Gasteiger partial charge in [-0.3, -0.25) is 4.79 Å². The lowest BCUT2D eigenvalue weighted by Crippen LogP contribution is -2.47. The van der Waals surface area contributed by atoms with Gasteiger partial charge >= 0.3 is 18.2 Å². The number of halogens is 3. The number of benzene rings is 2. The summed E-state index contributed by atoms with van der Waals surface area (Å²) in [4.78, 5) is 33.1. The van der Waals surface area contributed by atoms with Crippen LogP contribution < -0.4 is 15.0 Å². The van der Waals surface area contributed by atoms with Crippen molar-refractivity contribution in [1.82, 2.24) is 15.2 Å². The van der Waals surface area contributed by atoms with Gasteiger partial charge in [-0.15, -0.1) is 0 Å². The van der Waals surface area contributed by atoms with Gasteiger partial charge in [-0.25, -0.2) is 9.78 Å². The molecule has 2 aliphatic heterocycles. The number of nitrogens with one attached hydrogen (secondary N) is 1. The van der Waals surface area contributed by atoms with E-state index in [2.05, 4.69) is 10.3 Å². The SMILES string of the molecule is CC(C)(C)OC(=O)N1CCC(NC(=O)c2nc3ccc(OC4CCN(c5ccc(C(F)(F)F)cc5)CC4)cc3o2)CC1. The number of aromatic nitrogens is 1. The molecule has 1 N–H and O–H groups in total. The van der Waals surface area contributed by atoms with Crippen molar-refractivity contribution in [2.75, 3.05) is 31.1 Å². The van der Waals surface area contributed by atoms with Gasteiger partial charge in [0.1, 0.15) is 23.0 Å². The van der Waals surface area contributed by atoms with Crippen LogP contribution in [0.25, 0.3) is 11.1 Å². The summed E-state index contributed by atoms with van der Waals surface area (Å²) in [5, 5.41) is 2.95. The van der Waals surface area contributed by atoms with Crippen molar-refractivity contribution in [1.29, 1.82) is 0 Å². The molecule has 2 amide bonds. The number of fused-ring (bicyclic) bond motifs is 1. The maximum Gasteiger partial charge on any atom is 0.416 e. The van der Waals surface area contributed by atoms with E-state index in [9.17, 15) is 22.8 Å². The zero-order valence-corrected chi connectivity index (χ0v) is 23.9. The molecule has 2 saturated heterocycles. The third-order valence-corrected chi connectivity index (χ3v) is 7.34. The van der Waals surface area contributed by atoms with Crippen molar-refractivity contribution in [3.8, 4) is 5.75 Å². The number of ether oxygens (including phenoxy) is 2. The third kappa shape index (κ3) is 7.27. The van der Waals surface area contributed by atoms with Gasteiger partial charge in [0.15, 0.2) is 5.58 Å². The van der Waals surface area contributed by atoms with E-state index in [-0.39, 0.29) is 24.1 Å². The van der Waals surface area contributed by atoms with Crippen LogP contribution in [0.2, 0.25) is 0 Å². The molecule has 12 heteroatoms. The molecule has 0 unspecified atom stereocenters. The first-order valence-electron chi connectivity index (χ1n) is 14.1. The first-order valence-corrected chi connectivity index (χ1v) is 14.1. The number of oxazole rings is 1. The van der Waals surface area contributed by atoms with Crippen LogP contribution in [0.1, 0.15) is 62.7 Å². The zero-order chi connectivity index (χ0) is 30.1. The van der Waals surface area contributed by atoms with Gasteiger partial charge in [0.2, 0.25) is 0 Å². The summed E-state index contributed by atoms with van der Waals surface area (Å²) in [7, 11) is 0. The molecule has 0 atom stereocenters. The maximum atomic E-state index is 12.9. The molecular formula is C30H35F3N4O5. The summed E-state index contributed by atoms with van der Waals surface area (Å²) in [6.07, 6.45) is -2.16. The van der Waals surface area contributed by atoms with Crippen molar-refractivity contribution in [2.24, 2.45) is 0 Å². The first kappa shape index (κ1) is 29.5. The van der Waals surface area contributed by atoms with Crippen LogP contribution in [0.5, 0.6) is 5.75 Å². The number of alkyl halides is 3. The molecule has 2 fully saturated rings. The molecule has 1 aromatic heterocycles. The second-order valence-corrected chi connectivity index (χ2v) is 11.7. The molecule has 226 valence electrons. The van der Waals surface area contributed by atoms with Gasteiger partial charge < -0.3 is 29.0 Å². The molecule has 5 rings (SSSR count). The molecule has 0 aliphatic carbocycles. The molecular weight excluding hydrogens is 553 g/mol. The number of piperidine rings is 2. The van der Waals surface area contributed by atoms with Crippen LogP contribution in [-0.2, 0) is 10.9 Å². The lowest BCUT2D eigenvalue weighted by atomic mass is 10.1. The van der Waals surface area contributed by atoms with Gasteiger partial charge in [0.25, 0.3) is 5.89 Å². The standard InChI is InChI=1S/C30H35F3N4O5/c1-29(2,3)42-28(39)37-14-10-20(11-15-37)34-26(38)27-35-24-9-8-23(18-25(24)41-27)40-22-12-16-36(17-13-22)21-6-4-19(5-7-21)30(31,32)33/h4-9,18,20,22H,10-17H2,1-3H3,(H,34,38). The summed E-state index contributed by atoms with van der Waals surface area (Å²) in [5.41, 5.74) is 0.497. The third-order valence-electron chi connectivity index (χ3n) is 7.34. The minimum atomic E-state index is -4.35. The van der Waals surface area contributed by atoms with Gasteiger partial charge in [-0.2, -0.15) is 13.2 Å². The minimum Gasteiger partial charge on any atom is -0.490 e. The second kappa shape index (κ2) is 11.7. The molecule has 3 aromatic rings. The Hall–Kier alpha value is -3.96. The largest absolute Gasteiger partial charge is 0.490 e. The normalized spacial score (nSPS) is 17.4. The van der Waals surface area contributed by atoms with Crippen molar-refractivity contribution in [2.45, 2.75) is 70.4 Å². The lowest BCUT2D eigenvalue weighted by molar-refractivity contribution is -0.137. The van der Waals surface area contributed by atoms with Crippen LogP contribution in [0, 0.1) is 0 Å². The fourth-order valence-corrected chi connectivity index (χ4v) is 5.14. The molecule has 0 bridgehead atoms. The Morgan fingerprint density at radius 1 is 0.952 bits per heavy atom. The minimum absolute atomic E-state index is 0.0402. The van der Waals surface area contributed by atoms with Crippen LogP contribution in [0.15, 0.2) is 46.9 Å². The number of anilines is 1. The maximum absolute atomic E-state index is 12.9. The van der Waals surface area contributed by atoms with E-state index in [1.807, 2.05) is 25.7 Å². The van der Waals surface area contributed by atoms with E-state index >= 15 is 0 Å². The van der Waals surface area contributed by atoms with E-state index < -0.39 is 23.2 Å². The Morgan fingerprint density at radius 3 is 2.24 bits per heavy atom. The molecule has 2 aromatic carbocycles. The summed E-state index contributed by atoms with van der Waals surface area (Å²) in [6, 6.07) is 10.3. The lowest BCUT2D eigenvalue weighted by Gasteiger charge is -2.33. The quantitative estimate of drug-likeness (QED) is 0.389. The highest BCUT2D eigenvalue weighted by atomic mass is 19.4. The smallest absolute Gasteiger partial charge is 0.416 e. The number of likely N-dealkylation sites (tertiary alicyclic amines) is 1. The number of amides is 2. The fourth-order valence-electron chi connectivity index (χ4n) is 5.14. The molecule has 3 heterocycles. The topological polar surface area (TPSA) is 97.1 Å². The number of carbonyl (C=O) groups is 2. The highest BCUT2D eigenvalue weighted by molar-refractivity contribution is 5.92. The molecule has 42 heavy (non-hydrogen) atoms. The average Bonchev–Trinajstić information content (AvgIpc) is 3.36. The Balaban J connectivity index is 1.11. The van der Waals surface area contributed by atoms with Gasteiger partial charge in [-0.05, 0) is 70.0 Å². The van der Waals surface area contributed by atoms with Crippen LogP contribution in [-0.4, -0.2) is 65.8 Å². The van der Waals surface area contributed by atoms with Gasteiger partial charge in [0, 0.05) is 56.8 Å². The van der Waals surface area contributed by atoms with Crippen molar-refractivity contribution in [3.63, 3.8) is 0 Å². The number of carbonyl (C=O) groups excluding carboxylic acids is 2. The Morgan fingerprint density at radius 2 is 1.62 bits per heavy atom. The van der Waals surface area contributed by atoms with Gasteiger partial charge in [0.05, 0.1) is 5.56 Å². The summed E-state index contributed by atoms with van der Waals surface area (Å²) in [6.45, 7) is 7.75. The van der Waals surface area contributed by atoms with Crippen molar-refractivity contribution < 1.29 is 36.7 Å². The van der Waals surface area contributed by atoms with Crippen molar-refractivity contribution in [3.05, 3.63) is 53.9 Å². The zero-order valence-electron chi connectivity index (χ0n) is 23.9. The molecule has 0 radical (unpaired) electrons. The second-order valence-electron chi connectivity index (χ2n) is 11.7. The Kier molecular flexibility index (Phi) is 8.25. The highest BCUT2D eigenvalue weighted by Crippen LogP contribution is 2.32. The van der Waals surface area contributed by atoms with E-state index in [1.54, 1.807) is 23.1 Å². The number of hydrogen-bond donors (Lipinski definition) is 1. The predicted molar refractivity (Wildman–Crippen MR) is 150 cm³/mol. The Bertz CT molecular complexity index is 1400. The first-order chi connectivity index (χ1) is 19.8. The summed E-state index contributed by atoms with van der Waals surface area (Å²) < 4.78 is 55.9. The van der Waals surface area contributed by atoms with Crippen LogP contribution in [0.4, 0.5) is 23.7 Å². The fraction of sp³-hybridized carbons (Fsp3) is 0.500. The molecule has 2 aliphatic rings. The summed E-state index contributed by atoms with van der Waals surface area (Å²) in [5.74, 6) is 0.134. The van der Waals surface area contributed by atoms with Crippen molar-refractivity contribution >= 4 is 28.8 Å². The summed E-state index contributed by atoms with van der Waals surface area (Å²) >= 11 is 0. The van der Waals surface area contributed by atoms with E-state index in [0.29, 0.717) is 68.7 Å². The predicted octanol–water partition coefficient (Wildman–Crippen LogP) is 6.02. The number of hydrogen-bond acceptors (Lipinski definition) is 7. The van der Waals surface area contributed by atoms with Crippen LogP contribution >= 0.6 is 0 Å².